The van der Waals surface area contributed by atoms with Crippen LogP contribution in [0.5, 0.6) is 11.5 Å². The van der Waals surface area contributed by atoms with Crippen LogP contribution in [-0.2, 0) is 10.4 Å². The van der Waals surface area contributed by atoms with Gasteiger partial charge in [-0.1, -0.05) is 72.3 Å². The van der Waals surface area contributed by atoms with Crippen molar-refractivity contribution < 1.29 is 19.4 Å². The van der Waals surface area contributed by atoms with Gasteiger partial charge in [-0.15, -0.1) is 0 Å². The number of rotatable bonds is 8. The standard InChI is InChI=1S/C25H25ClN2O4/c1-17(2)32-23-21(26)14-18(15-22(23)31-3)16-27-28-24(29)25(30,19-10-6-4-7-11-19)20-12-8-5-9-13-20/h4-17,30H,1-3H3,(H,28,29). The Morgan fingerprint density at radius 2 is 1.62 bits per heavy atom. The maximum absolute atomic E-state index is 13.1. The zero-order chi connectivity index (χ0) is 23.1. The number of methoxy groups -OCH3 is 1. The molecule has 6 nitrogen and oxygen atoms in total. The second kappa shape index (κ2) is 10.3. The van der Waals surface area contributed by atoms with Crippen LogP contribution in [0.25, 0.3) is 0 Å². The van der Waals surface area contributed by atoms with E-state index in [-0.39, 0.29) is 6.10 Å². The Kier molecular flexibility index (Phi) is 7.51. The zero-order valence-corrected chi connectivity index (χ0v) is 18.8. The third-order valence-electron chi connectivity index (χ3n) is 4.70. The van der Waals surface area contributed by atoms with E-state index < -0.39 is 11.5 Å². The highest BCUT2D eigenvalue weighted by Crippen LogP contribution is 2.36. The Hall–Kier alpha value is -3.35. The summed E-state index contributed by atoms with van der Waals surface area (Å²) in [6.45, 7) is 3.78. The van der Waals surface area contributed by atoms with Crippen molar-refractivity contribution in [3.63, 3.8) is 0 Å². The van der Waals surface area contributed by atoms with Crippen molar-refractivity contribution >= 4 is 23.7 Å². The Balaban J connectivity index is 1.86. The summed E-state index contributed by atoms with van der Waals surface area (Å²) in [5.74, 6) is 0.195. The number of carbonyl (C=O) groups excluding carboxylic acids is 1. The van der Waals surface area contributed by atoms with E-state index in [9.17, 15) is 9.90 Å². The minimum atomic E-state index is -1.91. The lowest BCUT2D eigenvalue weighted by atomic mass is 9.85. The number of hydrazone groups is 1. The van der Waals surface area contributed by atoms with Gasteiger partial charge in [-0.25, -0.2) is 5.43 Å². The van der Waals surface area contributed by atoms with Crippen LogP contribution in [0.15, 0.2) is 77.9 Å². The first kappa shape index (κ1) is 23.3. The molecule has 0 bridgehead atoms. The van der Waals surface area contributed by atoms with Gasteiger partial charge in [-0.2, -0.15) is 5.10 Å². The van der Waals surface area contributed by atoms with Gasteiger partial charge in [0.1, 0.15) is 0 Å². The largest absolute Gasteiger partial charge is 0.493 e. The van der Waals surface area contributed by atoms with Crippen molar-refractivity contribution in [2.75, 3.05) is 7.11 Å². The highest BCUT2D eigenvalue weighted by molar-refractivity contribution is 6.32. The summed E-state index contributed by atoms with van der Waals surface area (Å²) in [5.41, 5.74) is 1.97. The predicted molar refractivity (Wildman–Crippen MR) is 125 cm³/mol. The Labute approximate surface area is 192 Å². The van der Waals surface area contributed by atoms with Crippen LogP contribution >= 0.6 is 11.6 Å². The van der Waals surface area contributed by atoms with E-state index in [1.165, 1.54) is 13.3 Å². The average molecular weight is 453 g/mol. The Morgan fingerprint density at radius 3 is 2.12 bits per heavy atom. The van der Waals surface area contributed by atoms with E-state index in [2.05, 4.69) is 10.5 Å². The van der Waals surface area contributed by atoms with E-state index in [0.717, 1.165) is 0 Å². The molecule has 166 valence electrons. The van der Waals surface area contributed by atoms with Crippen LogP contribution in [0.2, 0.25) is 5.02 Å². The summed E-state index contributed by atoms with van der Waals surface area (Å²) in [6.07, 6.45) is 1.34. The summed E-state index contributed by atoms with van der Waals surface area (Å²) in [6, 6.07) is 20.8. The topological polar surface area (TPSA) is 80.2 Å². The van der Waals surface area contributed by atoms with Crippen LogP contribution in [-0.4, -0.2) is 30.4 Å². The average Bonchev–Trinajstić information content (AvgIpc) is 2.80. The summed E-state index contributed by atoms with van der Waals surface area (Å²) in [4.78, 5) is 13.1. The normalized spacial score (nSPS) is 11.6. The number of hydrogen-bond donors (Lipinski definition) is 2. The number of hydrogen-bond acceptors (Lipinski definition) is 5. The smallest absolute Gasteiger partial charge is 0.281 e. The van der Waals surface area contributed by atoms with E-state index in [0.29, 0.717) is 33.2 Å². The summed E-state index contributed by atoms with van der Waals surface area (Å²) in [7, 11) is 1.52. The first-order valence-electron chi connectivity index (χ1n) is 10.1. The lowest BCUT2D eigenvalue weighted by Crippen LogP contribution is -2.43. The molecule has 0 saturated heterocycles. The molecule has 7 heteroatoms. The highest BCUT2D eigenvalue weighted by Gasteiger charge is 2.39. The molecule has 0 fully saturated rings. The molecule has 0 aliphatic carbocycles. The molecule has 3 rings (SSSR count). The number of amides is 1. The summed E-state index contributed by atoms with van der Waals surface area (Å²) < 4.78 is 11.1. The van der Waals surface area contributed by atoms with Crippen molar-refractivity contribution in [3.8, 4) is 11.5 Å². The van der Waals surface area contributed by atoms with Crippen molar-refractivity contribution in [1.29, 1.82) is 0 Å². The molecular weight excluding hydrogens is 428 g/mol. The lowest BCUT2D eigenvalue weighted by molar-refractivity contribution is -0.136. The van der Waals surface area contributed by atoms with Gasteiger partial charge in [0, 0.05) is 0 Å². The number of benzene rings is 3. The number of nitrogens with one attached hydrogen (secondary N) is 1. The fourth-order valence-corrected chi connectivity index (χ4v) is 3.46. The monoisotopic (exact) mass is 452 g/mol. The van der Waals surface area contributed by atoms with Crippen molar-refractivity contribution in [2.45, 2.75) is 25.6 Å². The molecule has 0 aromatic heterocycles. The lowest BCUT2D eigenvalue weighted by Gasteiger charge is -2.27. The molecule has 0 aliphatic heterocycles. The van der Waals surface area contributed by atoms with Crippen molar-refractivity contribution in [2.24, 2.45) is 5.10 Å². The molecule has 0 unspecified atom stereocenters. The summed E-state index contributed by atoms with van der Waals surface area (Å²) >= 11 is 6.34. The minimum Gasteiger partial charge on any atom is -0.493 e. The van der Waals surface area contributed by atoms with Gasteiger partial charge >= 0.3 is 0 Å². The third-order valence-corrected chi connectivity index (χ3v) is 4.98. The second-order valence-corrected chi connectivity index (χ2v) is 7.75. The van der Waals surface area contributed by atoms with Gasteiger partial charge in [0.2, 0.25) is 0 Å². The van der Waals surface area contributed by atoms with E-state index >= 15 is 0 Å². The SMILES string of the molecule is COc1cc(C=NNC(=O)C(O)(c2ccccc2)c2ccccc2)cc(Cl)c1OC(C)C. The van der Waals surface area contributed by atoms with Crippen LogP contribution in [0.1, 0.15) is 30.5 Å². The Morgan fingerprint density at radius 1 is 1.06 bits per heavy atom. The van der Waals surface area contributed by atoms with Gasteiger partial charge < -0.3 is 14.6 Å². The van der Waals surface area contributed by atoms with Crippen LogP contribution in [0.4, 0.5) is 0 Å². The molecule has 2 N–H and O–H groups in total. The number of carbonyl (C=O) groups is 1. The maximum atomic E-state index is 13.1. The molecule has 0 aliphatic rings. The van der Waals surface area contributed by atoms with Crippen LogP contribution in [0.3, 0.4) is 0 Å². The molecule has 0 spiro atoms. The minimum absolute atomic E-state index is 0.0751. The fourth-order valence-electron chi connectivity index (χ4n) is 3.20. The van der Waals surface area contributed by atoms with E-state index in [4.69, 9.17) is 21.1 Å². The molecule has 0 atom stereocenters. The highest BCUT2D eigenvalue weighted by atomic mass is 35.5. The molecule has 1 amide bonds. The molecule has 3 aromatic carbocycles. The van der Waals surface area contributed by atoms with Gasteiger partial charge in [-0.3, -0.25) is 4.79 Å². The Bertz CT molecular complexity index is 1050. The third kappa shape index (κ3) is 5.10. The molecule has 0 heterocycles. The second-order valence-electron chi connectivity index (χ2n) is 7.34. The first-order valence-corrected chi connectivity index (χ1v) is 10.4. The zero-order valence-electron chi connectivity index (χ0n) is 18.1. The molecule has 0 saturated carbocycles. The van der Waals surface area contributed by atoms with Gasteiger partial charge in [0.05, 0.1) is 24.5 Å². The quantitative estimate of drug-likeness (QED) is 0.389. The number of aliphatic hydroxyl groups is 1. The number of halogens is 1. The van der Waals surface area contributed by atoms with E-state index in [1.807, 2.05) is 26.0 Å². The summed E-state index contributed by atoms with van der Waals surface area (Å²) in [5, 5.41) is 15.8. The molecule has 32 heavy (non-hydrogen) atoms. The van der Waals surface area contributed by atoms with Crippen molar-refractivity contribution in [3.05, 3.63) is 94.5 Å². The van der Waals surface area contributed by atoms with Crippen LogP contribution in [0, 0.1) is 0 Å². The molecule has 0 radical (unpaired) electrons. The van der Waals surface area contributed by atoms with Gasteiger partial charge in [0.25, 0.3) is 5.91 Å². The number of ether oxygens (including phenoxy) is 2. The first-order chi connectivity index (χ1) is 15.4. The fraction of sp³-hybridized carbons (Fsp3) is 0.200. The maximum Gasteiger partial charge on any atom is 0.281 e. The van der Waals surface area contributed by atoms with Crippen LogP contribution < -0.4 is 14.9 Å². The molecule has 3 aromatic rings. The van der Waals surface area contributed by atoms with Gasteiger partial charge in [-0.05, 0) is 42.7 Å². The van der Waals surface area contributed by atoms with E-state index in [1.54, 1.807) is 60.7 Å². The van der Waals surface area contributed by atoms with Gasteiger partial charge in [0.15, 0.2) is 17.1 Å². The predicted octanol–water partition coefficient (Wildman–Crippen LogP) is 4.52. The number of nitrogens with zero attached hydrogens (tertiary/aromatic N) is 1. The molecular formula is C25H25ClN2O4. The van der Waals surface area contributed by atoms with Crippen molar-refractivity contribution in [1.82, 2.24) is 5.43 Å².